The lowest BCUT2D eigenvalue weighted by atomic mass is 10.2. The fourth-order valence-electron chi connectivity index (χ4n) is 2.59. The predicted octanol–water partition coefficient (Wildman–Crippen LogP) is 3.92. The molecule has 0 unspecified atom stereocenters. The SMILES string of the molecule is C[C@@H](Nc1ccc([N+](=O)[O-])c(S(C)(=O)=O)c1)c1cc2ccccc2o1. The molecule has 0 bridgehead atoms. The van der Waals surface area contributed by atoms with Gasteiger partial charge in [-0.25, -0.2) is 8.42 Å². The van der Waals surface area contributed by atoms with Gasteiger partial charge in [0.15, 0.2) is 9.84 Å². The molecule has 0 fully saturated rings. The molecule has 0 aliphatic rings. The van der Waals surface area contributed by atoms with Gasteiger partial charge >= 0.3 is 0 Å². The van der Waals surface area contributed by atoms with Gasteiger partial charge in [0.25, 0.3) is 5.69 Å². The summed E-state index contributed by atoms with van der Waals surface area (Å²) < 4.78 is 29.4. The second-order valence-electron chi connectivity index (χ2n) is 5.76. The van der Waals surface area contributed by atoms with Gasteiger partial charge in [0.2, 0.25) is 0 Å². The standard InChI is InChI=1S/C17H16N2O5S/c1-11(16-9-12-5-3-4-6-15(12)24-16)18-13-7-8-14(19(20)21)17(10-13)25(2,22)23/h3-11,18H,1-2H3/t11-/m1/s1. The van der Waals surface area contributed by atoms with Crippen LogP contribution in [0.25, 0.3) is 11.0 Å². The number of nitrogens with one attached hydrogen (secondary N) is 1. The topological polar surface area (TPSA) is 102 Å². The first-order chi connectivity index (χ1) is 11.8. The molecule has 3 rings (SSSR count). The van der Waals surface area contributed by atoms with E-state index in [2.05, 4.69) is 5.32 Å². The maximum atomic E-state index is 11.8. The summed E-state index contributed by atoms with van der Waals surface area (Å²) in [5.41, 5.74) is 0.773. The van der Waals surface area contributed by atoms with Gasteiger partial charge in [-0.1, -0.05) is 18.2 Å². The van der Waals surface area contributed by atoms with Gasteiger partial charge in [-0.15, -0.1) is 0 Å². The highest BCUT2D eigenvalue weighted by Crippen LogP contribution is 2.30. The number of anilines is 1. The Hall–Kier alpha value is -2.87. The van der Waals surface area contributed by atoms with Gasteiger partial charge < -0.3 is 9.73 Å². The van der Waals surface area contributed by atoms with E-state index in [1.54, 1.807) is 0 Å². The van der Waals surface area contributed by atoms with Crippen LogP contribution in [0.15, 0.2) is 57.8 Å². The number of sulfone groups is 1. The molecule has 8 heteroatoms. The van der Waals surface area contributed by atoms with Crippen LogP contribution in [0.5, 0.6) is 0 Å². The van der Waals surface area contributed by atoms with Gasteiger partial charge in [-0.2, -0.15) is 0 Å². The Labute approximate surface area is 144 Å². The molecule has 0 amide bonds. The van der Waals surface area contributed by atoms with E-state index >= 15 is 0 Å². The highest BCUT2D eigenvalue weighted by molar-refractivity contribution is 7.90. The molecule has 7 nitrogen and oxygen atoms in total. The van der Waals surface area contributed by atoms with Crippen LogP contribution in [0.3, 0.4) is 0 Å². The molecule has 1 aromatic heterocycles. The Morgan fingerprint density at radius 2 is 1.88 bits per heavy atom. The Kier molecular flexibility index (Phi) is 4.22. The third-order valence-electron chi connectivity index (χ3n) is 3.81. The van der Waals surface area contributed by atoms with E-state index in [0.29, 0.717) is 11.4 Å². The number of benzene rings is 2. The molecule has 0 spiro atoms. The fourth-order valence-corrected chi connectivity index (χ4v) is 3.45. The number of rotatable bonds is 5. The summed E-state index contributed by atoms with van der Waals surface area (Å²) in [5.74, 6) is 0.681. The lowest BCUT2D eigenvalue weighted by Gasteiger charge is -2.13. The maximum Gasteiger partial charge on any atom is 0.288 e. The smallest absolute Gasteiger partial charge is 0.288 e. The van der Waals surface area contributed by atoms with Gasteiger partial charge in [0.05, 0.1) is 11.0 Å². The van der Waals surface area contributed by atoms with E-state index in [0.717, 1.165) is 17.2 Å². The molecule has 0 aliphatic carbocycles. The number of nitro benzene ring substituents is 1. The number of hydrogen-bond donors (Lipinski definition) is 1. The number of para-hydroxylation sites is 1. The average molecular weight is 360 g/mol. The highest BCUT2D eigenvalue weighted by Gasteiger charge is 2.23. The molecule has 25 heavy (non-hydrogen) atoms. The van der Waals surface area contributed by atoms with Crippen molar-refractivity contribution >= 4 is 32.2 Å². The number of nitrogens with zero attached hydrogens (tertiary/aromatic N) is 1. The summed E-state index contributed by atoms with van der Waals surface area (Å²) in [6, 6.07) is 13.2. The molecule has 0 saturated carbocycles. The molecular formula is C17H16N2O5S. The van der Waals surface area contributed by atoms with Gasteiger partial charge in [0, 0.05) is 23.4 Å². The molecule has 0 radical (unpaired) electrons. The quantitative estimate of drug-likeness (QED) is 0.546. The van der Waals surface area contributed by atoms with Gasteiger partial charge in [-0.3, -0.25) is 10.1 Å². The number of furan rings is 1. The second kappa shape index (κ2) is 6.21. The van der Waals surface area contributed by atoms with Crippen molar-refractivity contribution in [3.05, 3.63) is 64.4 Å². The van der Waals surface area contributed by atoms with E-state index in [9.17, 15) is 18.5 Å². The Balaban J connectivity index is 1.93. The lowest BCUT2D eigenvalue weighted by molar-refractivity contribution is -0.387. The third-order valence-corrected chi connectivity index (χ3v) is 4.94. The normalized spacial score (nSPS) is 12.9. The lowest BCUT2D eigenvalue weighted by Crippen LogP contribution is -2.08. The van der Waals surface area contributed by atoms with Crippen molar-refractivity contribution in [1.29, 1.82) is 0 Å². The molecule has 1 heterocycles. The van der Waals surface area contributed by atoms with Crippen molar-refractivity contribution in [1.82, 2.24) is 0 Å². The van der Waals surface area contributed by atoms with E-state index in [4.69, 9.17) is 4.42 Å². The Bertz CT molecular complexity index is 1020. The molecule has 3 aromatic rings. The summed E-state index contributed by atoms with van der Waals surface area (Å²) in [6.45, 7) is 1.86. The predicted molar refractivity (Wildman–Crippen MR) is 94.5 cm³/mol. The van der Waals surface area contributed by atoms with E-state index in [1.807, 2.05) is 37.3 Å². The highest BCUT2D eigenvalue weighted by atomic mass is 32.2. The van der Waals surface area contributed by atoms with Crippen molar-refractivity contribution in [2.75, 3.05) is 11.6 Å². The average Bonchev–Trinajstić information content (AvgIpc) is 2.98. The van der Waals surface area contributed by atoms with Crippen LogP contribution >= 0.6 is 0 Å². The second-order valence-corrected chi connectivity index (χ2v) is 7.75. The largest absolute Gasteiger partial charge is 0.459 e. The first kappa shape index (κ1) is 17.0. The zero-order valence-corrected chi connectivity index (χ0v) is 14.4. The first-order valence-electron chi connectivity index (χ1n) is 7.49. The van der Waals surface area contributed by atoms with Crippen LogP contribution in [0.1, 0.15) is 18.7 Å². The minimum Gasteiger partial charge on any atom is -0.459 e. The van der Waals surface area contributed by atoms with Crippen molar-refractivity contribution in [2.24, 2.45) is 0 Å². The maximum absolute atomic E-state index is 11.8. The molecule has 1 atom stereocenters. The number of fused-ring (bicyclic) bond motifs is 1. The summed E-state index contributed by atoms with van der Waals surface area (Å²) in [7, 11) is -3.73. The molecule has 0 saturated heterocycles. The fraction of sp³-hybridized carbons (Fsp3) is 0.176. The zero-order valence-electron chi connectivity index (χ0n) is 13.6. The van der Waals surface area contributed by atoms with Crippen molar-refractivity contribution in [3.8, 4) is 0 Å². The monoisotopic (exact) mass is 360 g/mol. The zero-order chi connectivity index (χ0) is 18.2. The minimum absolute atomic E-state index is 0.249. The van der Waals surface area contributed by atoms with Crippen molar-refractivity contribution in [3.63, 3.8) is 0 Å². The van der Waals surface area contributed by atoms with Crippen LogP contribution < -0.4 is 5.32 Å². The van der Waals surface area contributed by atoms with Crippen LogP contribution in [-0.2, 0) is 9.84 Å². The number of hydrogen-bond acceptors (Lipinski definition) is 6. The van der Waals surface area contributed by atoms with E-state index in [-0.39, 0.29) is 10.9 Å². The summed E-state index contributed by atoms with van der Waals surface area (Å²) >= 11 is 0. The van der Waals surface area contributed by atoms with Crippen molar-refractivity contribution in [2.45, 2.75) is 17.9 Å². The van der Waals surface area contributed by atoms with E-state index in [1.165, 1.54) is 18.2 Å². The molecule has 130 valence electrons. The third kappa shape index (κ3) is 3.48. The first-order valence-corrected chi connectivity index (χ1v) is 9.38. The molecule has 0 aliphatic heterocycles. The van der Waals surface area contributed by atoms with Crippen LogP contribution in [0, 0.1) is 10.1 Å². The van der Waals surface area contributed by atoms with Crippen LogP contribution in [-0.4, -0.2) is 19.6 Å². The van der Waals surface area contributed by atoms with E-state index < -0.39 is 20.4 Å². The Morgan fingerprint density at radius 3 is 2.52 bits per heavy atom. The van der Waals surface area contributed by atoms with Gasteiger partial charge in [0.1, 0.15) is 16.2 Å². The molecular weight excluding hydrogens is 344 g/mol. The van der Waals surface area contributed by atoms with Crippen LogP contribution in [0.2, 0.25) is 0 Å². The molecule has 2 aromatic carbocycles. The van der Waals surface area contributed by atoms with Crippen LogP contribution in [0.4, 0.5) is 11.4 Å². The Morgan fingerprint density at radius 1 is 1.16 bits per heavy atom. The summed E-state index contributed by atoms with van der Waals surface area (Å²) in [5, 5.41) is 15.1. The summed E-state index contributed by atoms with van der Waals surface area (Å²) in [4.78, 5) is 10.0. The van der Waals surface area contributed by atoms with Crippen molar-refractivity contribution < 1.29 is 17.8 Å². The van der Waals surface area contributed by atoms with Gasteiger partial charge in [-0.05, 0) is 31.2 Å². The summed E-state index contributed by atoms with van der Waals surface area (Å²) in [6.07, 6.45) is 0.946. The minimum atomic E-state index is -3.73. The number of nitro groups is 1. The molecule has 1 N–H and O–H groups in total.